The average molecular weight is 385 g/mol. The van der Waals surface area contributed by atoms with Crippen LogP contribution in [0.25, 0.3) is 6.08 Å². The highest BCUT2D eigenvalue weighted by Gasteiger charge is 2.05. The lowest BCUT2D eigenvalue weighted by Gasteiger charge is -2.10. The van der Waals surface area contributed by atoms with Gasteiger partial charge < -0.3 is 9.47 Å². The molecule has 0 aliphatic carbocycles. The van der Waals surface area contributed by atoms with Crippen LogP contribution in [0.1, 0.15) is 5.56 Å². The fourth-order valence-electron chi connectivity index (χ4n) is 1.90. The van der Waals surface area contributed by atoms with Gasteiger partial charge in [-0.3, -0.25) is 25.8 Å². The fourth-order valence-corrected chi connectivity index (χ4v) is 2.06. The number of ether oxygens (including phenoxy) is 2. The van der Waals surface area contributed by atoms with Crippen molar-refractivity contribution >= 4 is 35.2 Å². The molecule has 0 bridgehead atoms. The van der Waals surface area contributed by atoms with E-state index >= 15 is 0 Å². The second-order valence-electron chi connectivity index (χ2n) is 5.20. The van der Waals surface area contributed by atoms with E-state index in [1.54, 1.807) is 37.5 Å². The predicted molar refractivity (Wildman–Crippen MR) is 106 cm³/mol. The van der Waals surface area contributed by atoms with Crippen LogP contribution in [0, 0.1) is 0 Å². The minimum absolute atomic E-state index is 0.0319. The van der Waals surface area contributed by atoms with Gasteiger partial charge in [0.1, 0.15) is 11.5 Å². The quantitative estimate of drug-likeness (QED) is 0.399. The van der Waals surface area contributed by atoms with Crippen molar-refractivity contribution in [3.63, 3.8) is 0 Å². The van der Waals surface area contributed by atoms with E-state index in [1.807, 2.05) is 30.3 Å². The molecule has 0 radical (unpaired) electrons. The molecular formula is C19H19N3O4S. The monoisotopic (exact) mass is 385 g/mol. The van der Waals surface area contributed by atoms with Gasteiger partial charge in [-0.1, -0.05) is 30.3 Å². The van der Waals surface area contributed by atoms with Gasteiger partial charge in [0.2, 0.25) is 5.91 Å². The van der Waals surface area contributed by atoms with E-state index in [0.717, 1.165) is 5.56 Å². The highest BCUT2D eigenvalue weighted by molar-refractivity contribution is 7.80. The molecule has 0 fully saturated rings. The van der Waals surface area contributed by atoms with E-state index in [2.05, 4.69) is 16.2 Å². The van der Waals surface area contributed by atoms with Crippen molar-refractivity contribution in [2.75, 3.05) is 13.7 Å². The molecule has 2 aromatic rings. The Morgan fingerprint density at radius 3 is 2.33 bits per heavy atom. The third-order valence-electron chi connectivity index (χ3n) is 3.21. The summed E-state index contributed by atoms with van der Waals surface area (Å²) in [6.07, 6.45) is 3.00. The molecule has 0 unspecified atom stereocenters. The molecule has 2 aromatic carbocycles. The third kappa shape index (κ3) is 7.57. The summed E-state index contributed by atoms with van der Waals surface area (Å²) in [6.45, 7) is -0.218. The lowest BCUT2D eigenvalue weighted by atomic mass is 10.2. The Bertz CT molecular complexity index is 807. The van der Waals surface area contributed by atoms with Crippen LogP contribution < -0.4 is 25.6 Å². The summed E-state index contributed by atoms with van der Waals surface area (Å²) >= 11 is 4.94. The Kier molecular flexibility index (Phi) is 7.80. The van der Waals surface area contributed by atoms with Gasteiger partial charge in [-0.15, -0.1) is 0 Å². The molecule has 27 heavy (non-hydrogen) atoms. The van der Waals surface area contributed by atoms with Crippen molar-refractivity contribution < 1.29 is 19.1 Å². The Labute approximate surface area is 162 Å². The topological polar surface area (TPSA) is 88.7 Å². The summed E-state index contributed by atoms with van der Waals surface area (Å²) in [5.74, 6) is 0.339. The van der Waals surface area contributed by atoms with Gasteiger partial charge in [-0.2, -0.15) is 0 Å². The van der Waals surface area contributed by atoms with Crippen molar-refractivity contribution in [3.05, 3.63) is 66.2 Å². The van der Waals surface area contributed by atoms with Gasteiger partial charge in [-0.05, 0) is 48.1 Å². The molecule has 0 aliphatic heterocycles. The highest BCUT2D eigenvalue weighted by Crippen LogP contribution is 2.16. The van der Waals surface area contributed by atoms with Crippen molar-refractivity contribution in [1.82, 2.24) is 16.2 Å². The largest absolute Gasteiger partial charge is 0.497 e. The SMILES string of the molecule is COc1ccc(OCC(=O)NNC(=S)NC(=O)C=Cc2ccccc2)cc1. The number of benzene rings is 2. The molecule has 0 heterocycles. The number of hydrogen-bond donors (Lipinski definition) is 3. The number of hydrazine groups is 1. The lowest BCUT2D eigenvalue weighted by molar-refractivity contribution is -0.123. The molecule has 0 aliphatic rings. The minimum Gasteiger partial charge on any atom is -0.497 e. The van der Waals surface area contributed by atoms with E-state index in [1.165, 1.54) is 6.08 Å². The average Bonchev–Trinajstić information content (AvgIpc) is 2.70. The molecule has 7 nitrogen and oxygen atoms in total. The minimum atomic E-state index is -0.456. The predicted octanol–water partition coefficient (Wildman–Crippen LogP) is 1.81. The number of amides is 2. The van der Waals surface area contributed by atoms with E-state index in [9.17, 15) is 9.59 Å². The van der Waals surface area contributed by atoms with Crippen LogP contribution in [0.2, 0.25) is 0 Å². The van der Waals surface area contributed by atoms with Crippen LogP contribution >= 0.6 is 12.2 Å². The van der Waals surface area contributed by atoms with E-state index in [-0.39, 0.29) is 11.7 Å². The van der Waals surface area contributed by atoms with Crippen LogP contribution in [-0.2, 0) is 9.59 Å². The molecule has 140 valence electrons. The van der Waals surface area contributed by atoms with Gasteiger partial charge in [0.25, 0.3) is 5.91 Å². The number of hydrogen-bond acceptors (Lipinski definition) is 5. The normalized spacial score (nSPS) is 10.1. The zero-order valence-electron chi connectivity index (χ0n) is 14.6. The summed E-state index contributed by atoms with van der Waals surface area (Å²) in [6, 6.07) is 16.2. The van der Waals surface area contributed by atoms with Gasteiger partial charge >= 0.3 is 0 Å². The van der Waals surface area contributed by atoms with Crippen molar-refractivity contribution in [2.24, 2.45) is 0 Å². The first-order valence-electron chi connectivity index (χ1n) is 7.96. The van der Waals surface area contributed by atoms with E-state index in [0.29, 0.717) is 11.5 Å². The summed E-state index contributed by atoms with van der Waals surface area (Å²) in [5, 5.41) is 2.39. The third-order valence-corrected chi connectivity index (χ3v) is 3.41. The summed E-state index contributed by atoms with van der Waals surface area (Å²) in [4.78, 5) is 23.5. The van der Waals surface area contributed by atoms with Gasteiger partial charge in [0.15, 0.2) is 11.7 Å². The number of carbonyl (C=O) groups excluding carboxylic acids is 2. The highest BCUT2D eigenvalue weighted by atomic mass is 32.1. The summed E-state index contributed by atoms with van der Waals surface area (Å²) < 4.78 is 10.4. The Morgan fingerprint density at radius 1 is 1.00 bits per heavy atom. The molecule has 2 amide bonds. The first-order chi connectivity index (χ1) is 13.1. The summed E-state index contributed by atoms with van der Waals surface area (Å²) in [7, 11) is 1.56. The van der Waals surface area contributed by atoms with Gasteiger partial charge in [0.05, 0.1) is 7.11 Å². The first kappa shape index (κ1) is 19.9. The fraction of sp³-hybridized carbons (Fsp3) is 0.105. The standard InChI is InChI=1S/C19H19N3O4S/c1-25-15-8-10-16(11-9-15)26-13-18(24)21-22-19(27)20-17(23)12-7-14-5-3-2-4-6-14/h2-12H,13H2,1H3,(H,21,24)(H2,20,22,23,27). The Balaban J connectivity index is 1.67. The zero-order chi connectivity index (χ0) is 19.5. The van der Waals surface area contributed by atoms with Crippen molar-refractivity contribution in [3.8, 4) is 11.5 Å². The number of carbonyl (C=O) groups is 2. The Morgan fingerprint density at radius 2 is 1.67 bits per heavy atom. The lowest BCUT2D eigenvalue weighted by Crippen LogP contribution is -2.49. The summed E-state index contributed by atoms with van der Waals surface area (Å²) in [5.41, 5.74) is 5.65. The van der Waals surface area contributed by atoms with E-state index in [4.69, 9.17) is 21.7 Å². The molecular weight excluding hydrogens is 366 g/mol. The van der Waals surface area contributed by atoms with Crippen LogP contribution in [0.5, 0.6) is 11.5 Å². The van der Waals surface area contributed by atoms with Crippen molar-refractivity contribution in [1.29, 1.82) is 0 Å². The maximum atomic E-state index is 11.8. The molecule has 3 N–H and O–H groups in total. The first-order valence-corrected chi connectivity index (χ1v) is 8.37. The number of rotatable bonds is 6. The Hall–Kier alpha value is -3.39. The van der Waals surface area contributed by atoms with Crippen LogP contribution in [0.3, 0.4) is 0 Å². The molecule has 0 spiro atoms. The van der Waals surface area contributed by atoms with Crippen molar-refractivity contribution in [2.45, 2.75) is 0 Å². The maximum absolute atomic E-state index is 11.8. The van der Waals surface area contributed by atoms with Crippen LogP contribution in [0.15, 0.2) is 60.7 Å². The molecule has 0 aromatic heterocycles. The second-order valence-corrected chi connectivity index (χ2v) is 5.61. The number of methoxy groups -OCH3 is 1. The molecule has 0 atom stereocenters. The molecule has 2 rings (SSSR count). The number of thiocarbonyl (C=S) groups is 1. The van der Waals surface area contributed by atoms with Crippen LogP contribution in [0.4, 0.5) is 0 Å². The molecule has 0 saturated heterocycles. The molecule has 0 saturated carbocycles. The number of nitrogens with one attached hydrogen (secondary N) is 3. The smallest absolute Gasteiger partial charge is 0.276 e. The maximum Gasteiger partial charge on any atom is 0.276 e. The molecule has 8 heteroatoms. The zero-order valence-corrected chi connectivity index (χ0v) is 15.4. The van der Waals surface area contributed by atoms with Gasteiger partial charge in [-0.25, -0.2) is 0 Å². The van der Waals surface area contributed by atoms with E-state index < -0.39 is 11.8 Å². The van der Waals surface area contributed by atoms with Gasteiger partial charge in [0, 0.05) is 6.08 Å². The second kappa shape index (κ2) is 10.6. The van der Waals surface area contributed by atoms with Crippen LogP contribution in [-0.4, -0.2) is 30.6 Å².